The van der Waals surface area contributed by atoms with Gasteiger partial charge in [-0.2, -0.15) is 8.42 Å². The zero-order chi connectivity index (χ0) is 22.3. The molecule has 9 heteroatoms. The van der Waals surface area contributed by atoms with Crippen molar-refractivity contribution in [2.75, 3.05) is 10.7 Å². The summed E-state index contributed by atoms with van der Waals surface area (Å²) in [4.78, 5) is 13.5. The Balaban J connectivity index is 1.69. The predicted molar refractivity (Wildman–Crippen MR) is 123 cm³/mol. The molecule has 0 spiro atoms. The summed E-state index contributed by atoms with van der Waals surface area (Å²) in [5, 5.41) is 14.2. The van der Waals surface area contributed by atoms with Gasteiger partial charge in [-0.25, -0.2) is 4.68 Å². The van der Waals surface area contributed by atoms with Crippen LogP contribution >= 0.6 is 0 Å². The van der Waals surface area contributed by atoms with Crippen LogP contribution in [0.4, 0.5) is 5.69 Å². The maximum absolute atomic E-state index is 13.5. The third-order valence-electron chi connectivity index (χ3n) is 5.20. The molecule has 5 rings (SSSR count). The van der Waals surface area contributed by atoms with E-state index in [0.29, 0.717) is 17.4 Å². The van der Waals surface area contributed by atoms with Crippen molar-refractivity contribution in [3.05, 3.63) is 100 Å². The molecule has 2 heterocycles. The molecule has 3 aromatic carbocycles. The standard InChI is InChI=1S/C23H18N4O4S/c28-21-16-10-4-6-12-18(16)27(24-14-15-8-2-1-3-9-15)23(29)20(21)22-25-17-11-5-7-13-19(17)32(30,31)26-22/h1-13,24,28H,14H2,(H,25,26). The zero-order valence-corrected chi connectivity index (χ0v) is 17.5. The van der Waals surface area contributed by atoms with Gasteiger partial charge in [-0.15, -0.1) is 4.40 Å². The van der Waals surface area contributed by atoms with Crippen LogP contribution in [0.25, 0.3) is 10.9 Å². The van der Waals surface area contributed by atoms with Gasteiger partial charge in [0, 0.05) is 5.39 Å². The molecular weight excluding hydrogens is 428 g/mol. The number of hydrogen-bond donors (Lipinski definition) is 3. The molecule has 0 fully saturated rings. The van der Waals surface area contributed by atoms with Crippen molar-refractivity contribution in [3.8, 4) is 5.75 Å². The van der Waals surface area contributed by atoms with Gasteiger partial charge in [0.25, 0.3) is 15.6 Å². The number of rotatable bonds is 4. The fraction of sp³-hybridized carbons (Fsp3) is 0.0435. The summed E-state index contributed by atoms with van der Waals surface area (Å²) >= 11 is 0. The quantitative estimate of drug-likeness (QED) is 0.444. The highest BCUT2D eigenvalue weighted by atomic mass is 32.2. The van der Waals surface area contributed by atoms with Crippen LogP contribution in [0.15, 0.2) is 93.0 Å². The van der Waals surface area contributed by atoms with Gasteiger partial charge in [0.1, 0.15) is 16.2 Å². The number of fused-ring (bicyclic) bond motifs is 2. The van der Waals surface area contributed by atoms with E-state index in [9.17, 15) is 18.3 Å². The monoisotopic (exact) mass is 446 g/mol. The Morgan fingerprint density at radius 1 is 0.938 bits per heavy atom. The third-order valence-corrected chi connectivity index (χ3v) is 6.54. The number of nitrogens with zero attached hydrogens (tertiary/aromatic N) is 2. The van der Waals surface area contributed by atoms with Crippen LogP contribution in [0.3, 0.4) is 0 Å². The maximum Gasteiger partial charge on any atom is 0.286 e. The second-order valence-corrected chi connectivity index (χ2v) is 8.81. The lowest BCUT2D eigenvalue weighted by Crippen LogP contribution is -2.36. The highest BCUT2D eigenvalue weighted by Gasteiger charge is 2.29. The molecule has 32 heavy (non-hydrogen) atoms. The van der Waals surface area contributed by atoms with Crippen LogP contribution in [0.5, 0.6) is 5.75 Å². The molecule has 4 aromatic rings. The van der Waals surface area contributed by atoms with Crippen LogP contribution in [0.2, 0.25) is 0 Å². The number of amidine groups is 1. The number of aromatic nitrogens is 1. The van der Waals surface area contributed by atoms with Gasteiger partial charge in [-0.1, -0.05) is 54.6 Å². The highest BCUT2D eigenvalue weighted by Crippen LogP contribution is 2.31. The minimum atomic E-state index is -4.05. The first-order valence-corrected chi connectivity index (χ1v) is 11.3. The van der Waals surface area contributed by atoms with Crippen LogP contribution < -0.4 is 16.3 Å². The first-order valence-electron chi connectivity index (χ1n) is 9.81. The number of aromatic hydroxyl groups is 1. The Labute approximate surface area is 183 Å². The number of sulfonamides is 1. The van der Waals surface area contributed by atoms with Gasteiger partial charge >= 0.3 is 0 Å². The van der Waals surface area contributed by atoms with E-state index in [-0.39, 0.29) is 27.7 Å². The second kappa shape index (κ2) is 7.54. The molecule has 0 atom stereocenters. The van der Waals surface area contributed by atoms with Crippen molar-refractivity contribution in [1.82, 2.24) is 4.68 Å². The van der Waals surface area contributed by atoms with Crippen LogP contribution in [0.1, 0.15) is 11.1 Å². The van der Waals surface area contributed by atoms with Crippen molar-refractivity contribution in [3.63, 3.8) is 0 Å². The first-order chi connectivity index (χ1) is 15.5. The number of pyridine rings is 1. The molecule has 0 saturated carbocycles. The smallest absolute Gasteiger partial charge is 0.286 e. The highest BCUT2D eigenvalue weighted by molar-refractivity contribution is 7.90. The Hall–Kier alpha value is -4.11. The lowest BCUT2D eigenvalue weighted by molar-refractivity contribution is 0.478. The molecule has 0 unspecified atom stereocenters. The first kappa shape index (κ1) is 19.8. The van der Waals surface area contributed by atoms with Crippen molar-refractivity contribution in [1.29, 1.82) is 0 Å². The maximum atomic E-state index is 13.5. The largest absolute Gasteiger partial charge is 0.506 e. The Morgan fingerprint density at radius 2 is 1.62 bits per heavy atom. The average molecular weight is 446 g/mol. The van der Waals surface area contributed by atoms with E-state index < -0.39 is 15.6 Å². The molecular formula is C23H18N4O4S. The molecule has 1 aliphatic rings. The molecule has 160 valence electrons. The van der Waals surface area contributed by atoms with E-state index in [1.165, 1.54) is 10.7 Å². The second-order valence-electron chi connectivity index (χ2n) is 7.24. The third kappa shape index (κ3) is 3.28. The summed E-state index contributed by atoms with van der Waals surface area (Å²) in [5.41, 5.74) is 3.90. The average Bonchev–Trinajstić information content (AvgIpc) is 2.79. The normalized spacial score (nSPS) is 14.3. The molecule has 0 saturated heterocycles. The molecule has 1 aromatic heterocycles. The van der Waals surface area contributed by atoms with Gasteiger partial charge in [0.15, 0.2) is 5.84 Å². The minimum Gasteiger partial charge on any atom is -0.506 e. The molecule has 0 radical (unpaired) electrons. The number of nitrogens with one attached hydrogen (secondary N) is 2. The number of hydrogen-bond acceptors (Lipinski definition) is 6. The fourth-order valence-corrected chi connectivity index (χ4v) is 4.81. The Kier molecular flexibility index (Phi) is 4.67. The van der Waals surface area contributed by atoms with E-state index >= 15 is 0 Å². The van der Waals surface area contributed by atoms with Crippen molar-refractivity contribution in [2.24, 2.45) is 4.40 Å². The van der Waals surface area contributed by atoms with E-state index in [1.807, 2.05) is 30.3 Å². The van der Waals surface area contributed by atoms with Gasteiger partial charge in [-0.3, -0.25) is 4.79 Å². The zero-order valence-electron chi connectivity index (χ0n) is 16.7. The van der Waals surface area contributed by atoms with Crippen molar-refractivity contribution < 1.29 is 13.5 Å². The summed E-state index contributed by atoms with van der Waals surface area (Å²) in [6.45, 7) is 0.343. The van der Waals surface area contributed by atoms with Crippen LogP contribution in [-0.4, -0.2) is 24.0 Å². The Bertz CT molecular complexity index is 1540. The fourth-order valence-electron chi connectivity index (χ4n) is 3.69. The van der Waals surface area contributed by atoms with E-state index in [4.69, 9.17) is 0 Å². The number of para-hydroxylation sites is 2. The SMILES string of the molecule is O=c1c(C2=NS(=O)(=O)c3ccccc3N2)c(O)c2ccccc2n1NCc1ccccc1. The number of anilines is 1. The summed E-state index contributed by atoms with van der Waals surface area (Å²) < 4.78 is 30.5. The van der Waals surface area contributed by atoms with E-state index in [1.54, 1.807) is 42.5 Å². The molecule has 0 bridgehead atoms. The molecule has 0 aliphatic carbocycles. The van der Waals surface area contributed by atoms with E-state index in [2.05, 4.69) is 15.1 Å². The summed E-state index contributed by atoms with van der Waals surface area (Å²) in [6, 6.07) is 22.6. The minimum absolute atomic E-state index is 0.00607. The Morgan fingerprint density at radius 3 is 2.44 bits per heavy atom. The van der Waals surface area contributed by atoms with Gasteiger partial charge < -0.3 is 15.8 Å². The lowest BCUT2D eigenvalue weighted by atomic mass is 10.1. The topological polar surface area (TPSA) is 113 Å². The summed E-state index contributed by atoms with van der Waals surface area (Å²) in [6.07, 6.45) is 0. The predicted octanol–water partition coefficient (Wildman–Crippen LogP) is 3.01. The molecule has 1 aliphatic heterocycles. The van der Waals surface area contributed by atoms with Gasteiger partial charge in [0.2, 0.25) is 0 Å². The number of benzene rings is 3. The van der Waals surface area contributed by atoms with E-state index in [0.717, 1.165) is 5.56 Å². The molecule has 0 amide bonds. The van der Waals surface area contributed by atoms with Gasteiger partial charge in [0.05, 0.1) is 17.7 Å². The van der Waals surface area contributed by atoms with Crippen molar-refractivity contribution in [2.45, 2.75) is 11.4 Å². The van der Waals surface area contributed by atoms with Gasteiger partial charge in [-0.05, 0) is 29.8 Å². The van der Waals surface area contributed by atoms with Crippen LogP contribution in [-0.2, 0) is 16.6 Å². The van der Waals surface area contributed by atoms with Crippen molar-refractivity contribution >= 4 is 32.4 Å². The van der Waals surface area contributed by atoms with Crippen LogP contribution in [0, 0.1) is 0 Å². The molecule has 3 N–H and O–H groups in total. The molecule has 8 nitrogen and oxygen atoms in total. The summed E-state index contributed by atoms with van der Waals surface area (Å²) in [7, 11) is -4.05. The summed E-state index contributed by atoms with van der Waals surface area (Å²) in [5.74, 6) is -0.573. The lowest BCUT2D eigenvalue weighted by Gasteiger charge is -2.21.